The van der Waals surface area contributed by atoms with E-state index in [-0.39, 0.29) is 11.5 Å². The fraction of sp³-hybridized carbons (Fsp3) is 0.267. The Hall–Kier alpha value is -1.75. The Kier molecular flexibility index (Phi) is 4.18. The molecule has 0 fully saturated rings. The molecule has 1 N–H and O–H groups in total. The van der Waals surface area contributed by atoms with Gasteiger partial charge in [-0.1, -0.05) is 41.9 Å². The second kappa shape index (κ2) is 5.71. The average molecular weight is 335 g/mol. The van der Waals surface area contributed by atoms with Crippen LogP contribution in [0.25, 0.3) is 11.4 Å². The SMILES string of the molecule is Cc1ccc(-c2ncc(C(=O)O)c(C(C)C)n2)cc1Br. The van der Waals surface area contributed by atoms with E-state index in [0.29, 0.717) is 11.5 Å². The summed E-state index contributed by atoms with van der Waals surface area (Å²) < 4.78 is 0.979. The number of halogens is 1. The lowest BCUT2D eigenvalue weighted by Gasteiger charge is -2.10. The Morgan fingerprint density at radius 3 is 2.60 bits per heavy atom. The number of carboxylic acids is 1. The maximum atomic E-state index is 11.2. The summed E-state index contributed by atoms with van der Waals surface area (Å²) in [5.74, 6) is -0.429. The van der Waals surface area contributed by atoms with E-state index in [2.05, 4.69) is 25.9 Å². The van der Waals surface area contributed by atoms with Gasteiger partial charge in [-0.25, -0.2) is 14.8 Å². The van der Waals surface area contributed by atoms with Gasteiger partial charge < -0.3 is 5.11 Å². The lowest BCUT2D eigenvalue weighted by Crippen LogP contribution is -2.08. The minimum atomic E-state index is -0.995. The highest BCUT2D eigenvalue weighted by Crippen LogP contribution is 2.25. The molecule has 0 radical (unpaired) electrons. The van der Waals surface area contributed by atoms with Crippen molar-refractivity contribution in [1.29, 1.82) is 0 Å². The topological polar surface area (TPSA) is 63.1 Å². The molecular weight excluding hydrogens is 320 g/mol. The Morgan fingerprint density at radius 1 is 1.35 bits per heavy atom. The van der Waals surface area contributed by atoms with Crippen molar-refractivity contribution in [2.75, 3.05) is 0 Å². The highest BCUT2D eigenvalue weighted by Gasteiger charge is 2.17. The predicted octanol–water partition coefficient (Wildman–Crippen LogP) is 4.04. The van der Waals surface area contributed by atoms with E-state index < -0.39 is 5.97 Å². The number of benzene rings is 1. The van der Waals surface area contributed by atoms with Crippen molar-refractivity contribution >= 4 is 21.9 Å². The number of nitrogens with zero attached hydrogens (tertiary/aromatic N) is 2. The van der Waals surface area contributed by atoms with Gasteiger partial charge in [0.25, 0.3) is 0 Å². The maximum Gasteiger partial charge on any atom is 0.339 e. The summed E-state index contributed by atoms with van der Waals surface area (Å²) in [5.41, 5.74) is 2.70. The van der Waals surface area contributed by atoms with Crippen molar-refractivity contribution in [2.24, 2.45) is 0 Å². The largest absolute Gasteiger partial charge is 0.478 e. The monoisotopic (exact) mass is 334 g/mol. The zero-order chi connectivity index (χ0) is 14.9. The van der Waals surface area contributed by atoms with Gasteiger partial charge in [0.1, 0.15) is 0 Å². The molecule has 0 aliphatic rings. The van der Waals surface area contributed by atoms with E-state index in [9.17, 15) is 4.79 Å². The highest BCUT2D eigenvalue weighted by molar-refractivity contribution is 9.10. The third-order valence-electron chi connectivity index (χ3n) is 3.03. The van der Waals surface area contributed by atoms with E-state index >= 15 is 0 Å². The van der Waals surface area contributed by atoms with Gasteiger partial charge in [0.2, 0.25) is 0 Å². The average Bonchev–Trinajstić information content (AvgIpc) is 2.41. The van der Waals surface area contributed by atoms with Crippen LogP contribution < -0.4 is 0 Å². The summed E-state index contributed by atoms with van der Waals surface area (Å²) in [5, 5.41) is 9.17. The van der Waals surface area contributed by atoms with Crippen LogP contribution in [0.2, 0.25) is 0 Å². The summed E-state index contributed by atoms with van der Waals surface area (Å²) in [6.45, 7) is 5.84. The molecule has 20 heavy (non-hydrogen) atoms. The number of carbonyl (C=O) groups is 1. The number of hydrogen-bond acceptors (Lipinski definition) is 3. The molecule has 0 amide bonds. The molecule has 1 aromatic heterocycles. The molecule has 0 bridgehead atoms. The number of hydrogen-bond donors (Lipinski definition) is 1. The van der Waals surface area contributed by atoms with Crippen LogP contribution in [0.15, 0.2) is 28.9 Å². The Balaban J connectivity index is 2.55. The van der Waals surface area contributed by atoms with Crippen molar-refractivity contribution in [2.45, 2.75) is 26.7 Å². The fourth-order valence-electron chi connectivity index (χ4n) is 1.87. The van der Waals surface area contributed by atoms with E-state index in [0.717, 1.165) is 15.6 Å². The van der Waals surface area contributed by atoms with Crippen molar-refractivity contribution in [3.63, 3.8) is 0 Å². The van der Waals surface area contributed by atoms with Crippen molar-refractivity contribution < 1.29 is 9.90 Å². The summed E-state index contributed by atoms with van der Waals surface area (Å²) in [4.78, 5) is 19.8. The molecule has 1 heterocycles. The smallest absolute Gasteiger partial charge is 0.339 e. The van der Waals surface area contributed by atoms with Gasteiger partial charge >= 0.3 is 5.97 Å². The molecule has 5 heteroatoms. The minimum Gasteiger partial charge on any atom is -0.478 e. The van der Waals surface area contributed by atoms with E-state index in [4.69, 9.17) is 5.11 Å². The molecule has 2 rings (SSSR count). The zero-order valence-electron chi connectivity index (χ0n) is 11.5. The lowest BCUT2D eigenvalue weighted by atomic mass is 10.0. The minimum absolute atomic E-state index is 0.0248. The van der Waals surface area contributed by atoms with Crippen LogP contribution in [0.1, 0.15) is 41.4 Å². The third kappa shape index (κ3) is 2.88. The third-order valence-corrected chi connectivity index (χ3v) is 3.88. The van der Waals surface area contributed by atoms with Crippen molar-refractivity contribution in [1.82, 2.24) is 9.97 Å². The highest BCUT2D eigenvalue weighted by atomic mass is 79.9. The molecule has 1 aromatic carbocycles. The van der Waals surface area contributed by atoms with Gasteiger partial charge in [0.15, 0.2) is 5.82 Å². The van der Waals surface area contributed by atoms with Crippen LogP contribution in [0.4, 0.5) is 0 Å². The van der Waals surface area contributed by atoms with Crippen LogP contribution in [-0.2, 0) is 0 Å². The van der Waals surface area contributed by atoms with Gasteiger partial charge in [-0.15, -0.1) is 0 Å². The molecule has 0 saturated carbocycles. The first-order valence-electron chi connectivity index (χ1n) is 6.27. The summed E-state index contributed by atoms with van der Waals surface area (Å²) in [6, 6.07) is 5.85. The van der Waals surface area contributed by atoms with Crippen LogP contribution >= 0.6 is 15.9 Å². The Bertz CT molecular complexity index is 669. The second-order valence-corrected chi connectivity index (χ2v) is 5.77. The lowest BCUT2D eigenvalue weighted by molar-refractivity contribution is 0.0694. The van der Waals surface area contributed by atoms with Crippen LogP contribution in [0, 0.1) is 6.92 Å². The first-order valence-corrected chi connectivity index (χ1v) is 7.06. The van der Waals surface area contributed by atoms with E-state index in [1.165, 1.54) is 6.20 Å². The number of carboxylic acid groups (broad SMARTS) is 1. The molecular formula is C15H15BrN2O2. The van der Waals surface area contributed by atoms with E-state index in [1.54, 1.807) is 0 Å². The second-order valence-electron chi connectivity index (χ2n) is 4.92. The van der Waals surface area contributed by atoms with Crippen molar-refractivity contribution in [3.05, 3.63) is 45.7 Å². The number of rotatable bonds is 3. The quantitative estimate of drug-likeness (QED) is 0.920. The molecule has 0 saturated heterocycles. The standard InChI is InChI=1S/C15H15BrN2O2/c1-8(2)13-11(15(19)20)7-17-14(18-13)10-5-4-9(3)12(16)6-10/h4-8H,1-3H3,(H,19,20). The molecule has 2 aromatic rings. The first-order chi connectivity index (χ1) is 9.40. The number of aromatic carboxylic acids is 1. The van der Waals surface area contributed by atoms with Crippen LogP contribution in [-0.4, -0.2) is 21.0 Å². The number of aromatic nitrogens is 2. The van der Waals surface area contributed by atoms with Gasteiger partial charge in [-0.3, -0.25) is 0 Å². The van der Waals surface area contributed by atoms with E-state index in [1.807, 2.05) is 39.0 Å². The van der Waals surface area contributed by atoms with Gasteiger partial charge in [-0.2, -0.15) is 0 Å². The molecule has 0 aliphatic carbocycles. The van der Waals surface area contributed by atoms with Gasteiger partial charge in [0.05, 0.1) is 11.3 Å². The Morgan fingerprint density at radius 2 is 2.05 bits per heavy atom. The summed E-state index contributed by atoms with van der Waals surface area (Å²) >= 11 is 3.48. The molecule has 0 spiro atoms. The fourth-order valence-corrected chi connectivity index (χ4v) is 2.25. The summed E-state index contributed by atoms with van der Waals surface area (Å²) in [6.07, 6.45) is 1.38. The first kappa shape index (κ1) is 14.7. The van der Waals surface area contributed by atoms with Crippen molar-refractivity contribution in [3.8, 4) is 11.4 Å². The predicted molar refractivity (Wildman–Crippen MR) is 81.0 cm³/mol. The molecule has 104 valence electrons. The summed E-state index contributed by atoms with van der Waals surface area (Å²) in [7, 11) is 0. The van der Waals surface area contributed by atoms with Gasteiger partial charge in [0, 0.05) is 16.2 Å². The molecule has 0 unspecified atom stereocenters. The van der Waals surface area contributed by atoms with Crippen LogP contribution in [0.3, 0.4) is 0 Å². The molecule has 4 nitrogen and oxygen atoms in total. The van der Waals surface area contributed by atoms with Gasteiger partial charge in [-0.05, 0) is 24.5 Å². The van der Waals surface area contributed by atoms with Crippen LogP contribution in [0.5, 0.6) is 0 Å². The molecule has 0 aliphatic heterocycles. The number of aryl methyl sites for hydroxylation is 1. The normalized spacial score (nSPS) is 10.8. The maximum absolute atomic E-state index is 11.2. The molecule has 0 atom stereocenters. The Labute approximate surface area is 126 Å². The zero-order valence-corrected chi connectivity index (χ0v) is 13.1.